The van der Waals surface area contributed by atoms with E-state index in [2.05, 4.69) is 10.3 Å². The molecule has 0 bridgehead atoms. The molecule has 0 unspecified atom stereocenters. The van der Waals surface area contributed by atoms with Crippen LogP contribution in [0.5, 0.6) is 5.75 Å². The summed E-state index contributed by atoms with van der Waals surface area (Å²) in [5.74, 6) is 0.696. The van der Waals surface area contributed by atoms with Gasteiger partial charge >= 0.3 is 6.03 Å². The fourth-order valence-corrected chi connectivity index (χ4v) is 3.28. The third-order valence-electron chi connectivity index (χ3n) is 3.67. The van der Waals surface area contributed by atoms with E-state index < -0.39 is 0 Å². The van der Waals surface area contributed by atoms with E-state index in [1.807, 2.05) is 60.8 Å². The first-order valence-electron chi connectivity index (χ1n) is 7.94. The first-order chi connectivity index (χ1) is 12.2. The number of thiazole rings is 1. The second kappa shape index (κ2) is 7.81. The summed E-state index contributed by atoms with van der Waals surface area (Å²) in [6.45, 7) is 2.45. The minimum Gasteiger partial charge on any atom is -0.497 e. The van der Waals surface area contributed by atoms with Gasteiger partial charge in [0.1, 0.15) is 5.75 Å². The third kappa shape index (κ3) is 3.97. The van der Waals surface area contributed by atoms with E-state index in [1.165, 1.54) is 11.3 Å². The molecule has 0 saturated heterocycles. The Bertz CT molecular complexity index is 849. The Morgan fingerprint density at radius 3 is 2.72 bits per heavy atom. The molecule has 1 heterocycles. The van der Waals surface area contributed by atoms with Crippen LogP contribution in [0.3, 0.4) is 0 Å². The van der Waals surface area contributed by atoms with Gasteiger partial charge in [-0.25, -0.2) is 9.78 Å². The van der Waals surface area contributed by atoms with Crippen molar-refractivity contribution >= 4 is 28.2 Å². The van der Waals surface area contributed by atoms with Crippen LogP contribution in [0.1, 0.15) is 6.92 Å². The number of benzene rings is 2. The Kier molecular flexibility index (Phi) is 5.30. The summed E-state index contributed by atoms with van der Waals surface area (Å²) in [6.07, 6.45) is 0. The van der Waals surface area contributed by atoms with Crippen LogP contribution < -0.4 is 15.0 Å². The molecule has 6 heteroatoms. The maximum absolute atomic E-state index is 12.6. The summed E-state index contributed by atoms with van der Waals surface area (Å²) >= 11 is 1.45. The van der Waals surface area contributed by atoms with Crippen LogP contribution >= 0.6 is 11.3 Å². The van der Waals surface area contributed by atoms with Gasteiger partial charge < -0.3 is 10.1 Å². The molecular formula is C19H19N3O2S. The SMILES string of the molecule is CCN(C(=O)Nc1cccc(OC)c1)c1nc(-c2ccccc2)cs1. The van der Waals surface area contributed by atoms with E-state index >= 15 is 0 Å². The van der Waals surface area contributed by atoms with Crippen molar-refractivity contribution < 1.29 is 9.53 Å². The van der Waals surface area contributed by atoms with Crippen molar-refractivity contribution in [3.8, 4) is 17.0 Å². The topological polar surface area (TPSA) is 54.5 Å². The number of carbonyl (C=O) groups excluding carboxylic acids is 1. The van der Waals surface area contributed by atoms with Gasteiger partial charge in [0.2, 0.25) is 0 Å². The maximum Gasteiger partial charge on any atom is 0.328 e. The van der Waals surface area contributed by atoms with Crippen molar-refractivity contribution in [3.63, 3.8) is 0 Å². The number of urea groups is 1. The van der Waals surface area contributed by atoms with Crippen LogP contribution in [0.4, 0.5) is 15.6 Å². The highest BCUT2D eigenvalue weighted by atomic mass is 32.1. The number of anilines is 2. The average molecular weight is 353 g/mol. The summed E-state index contributed by atoms with van der Waals surface area (Å²) in [6, 6.07) is 17.0. The summed E-state index contributed by atoms with van der Waals surface area (Å²) in [7, 11) is 1.60. The molecule has 3 aromatic rings. The molecule has 0 aliphatic heterocycles. The van der Waals surface area contributed by atoms with Crippen LogP contribution in [-0.2, 0) is 0 Å². The van der Waals surface area contributed by atoms with E-state index in [0.29, 0.717) is 23.1 Å². The highest BCUT2D eigenvalue weighted by molar-refractivity contribution is 7.14. The second-order valence-electron chi connectivity index (χ2n) is 5.29. The molecule has 0 fully saturated rings. The first-order valence-corrected chi connectivity index (χ1v) is 8.82. The Morgan fingerprint density at radius 2 is 2.00 bits per heavy atom. The van der Waals surface area contributed by atoms with Crippen LogP contribution in [0.25, 0.3) is 11.3 Å². The maximum atomic E-state index is 12.6. The van der Waals surface area contributed by atoms with Crippen molar-refractivity contribution in [1.29, 1.82) is 0 Å². The molecule has 3 rings (SSSR count). The van der Waals surface area contributed by atoms with Gasteiger partial charge in [-0.05, 0) is 19.1 Å². The highest BCUT2D eigenvalue weighted by Gasteiger charge is 2.18. The number of methoxy groups -OCH3 is 1. The Hall–Kier alpha value is -2.86. The average Bonchev–Trinajstić information content (AvgIpc) is 3.13. The van der Waals surface area contributed by atoms with Crippen LogP contribution in [0, 0.1) is 0 Å². The number of rotatable bonds is 5. The molecular weight excluding hydrogens is 334 g/mol. The largest absolute Gasteiger partial charge is 0.497 e. The van der Waals surface area contributed by atoms with Crippen LogP contribution in [-0.4, -0.2) is 24.7 Å². The predicted octanol–water partition coefficient (Wildman–Crippen LogP) is 4.88. The van der Waals surface area contributed by atoms with Gasteiger partial charge in [0.15, 0.2) is 5.13 Å². The van der Waals surface area contributed by atoms with E-state index in [1.54, 1.807) is 18.1 Å². The number of nitrogens with one attached hydrogen (secondary N) is 1. The molecule has 2 aromatic carbocycles. The fraction of sp³-hybridized carbons (Fsp3) is 0.158. The van der Waals surface area contributed by atoms with E-state index in [4.69, 9.17) is 4.74 Å². The van der Waals surface area contributed by atoms with E-state index in [0.717, 1.165) is 11.3 Å². The van der Waals surface area contributed by atoms with Gasteiger partial charge in [-0.3, -0.25) is 4.90 Å². The molecule has 2 amide bonds. The van der Waals surface area contributed by atoms with Gasteiger partial charge in [-0.2, -0.15) is 0 Å². The zero-order valence-electron chi connectivity index (χ0n) is 14.1. The van der Waals surface area contributed by atoms with Gasteiger partial charge in [0, 0.05) is 29.2 Å². The lowest BCUT2D eigenvalue weighted by atomic mass is 10.2. The minimum atomic E-state index is -0.218. The third-order valence-corrected chi connectivity index (χ3v) is 4.54. The van der Waals surface area contributed by atoms with Crippen LogP contribution in [0.15, 0.2) is 60.0 Å². The monoisotopic (exact) mass is 353 g/mol. The number of nitrogens with zero attached hydrogens (tertiary/aromatic N) is 2. The molecule has 5 nitrogen and oxygen atoms in total. The zero-order chi connectivity index (χ0) is 17.6. The number of carbonyl (C=O) groups is 1. The zero-order valence-corrected chi connectivity index (χ0v) is 14.9. The lowest BCUT2D eigenvalue weighted by Crippen LogP contribution is -2.34. The van der Waals surface area contributed by atoms with Gasteiger partial charge in [-0.15, -0.1) is 11.3 Å². The summed E-state index contributed by atoms with van der Waals surface area (Å²) in [5, 5.41) is 5.52. The molecule has 0 saturated carbocycles. The molecule has 0 aliphatic carbocycles. The van der Waals surface area contributed by atoms with Gasteiger partial charge in [0.05, 0.1) is 12.8 Å². The number of amides is 2. The van der Waals surface area contributed by atoms with Crippen LogP contribution in [0.2, 0.25) is 0 Å². The quantitative estimate of drug-likeness (QED) is 0.711. The molecule has 1 N–H and O–H groups in total. The van der Waals surface area contributed by atoms with Crippen molar-refractivity contribution in [3.05, 3.63) is 60.0 Å². The minimum absolute atomic E-state index is 0.218. The molecule has 0 radical (unpaired) electrons. The highest BCUT2D eigenvalue weighted by Crippen LogP contribution is 2.28. The standard InChI is InChI=1S/C19H19N3O2S/c1-3-22(18(23)20-15-10-7-11-16(12-15)24-2)19-21-17(13-25-19)14-8-5-4-6-9-14/h4-13H,3H2,1-2H3,(H,20,23). The Morgan fingerprint density at radius 1 is 1.20 bits per heavy atom. The number of aromatic nitrogens is 1. The number of ether oxygens (including phenoxy) is 1. The van der Waals surface area contributed by atoms with E-state index in [-0.39, 0.29) is 6.03 Å². The second-order valence-corrected chi connectivity index (χ2v) is 6.12. The molecule has 0 atom stereocenters. The van der Waals surface area contributed by atoms with Gasteiger partial charge in [0.25, 0.3) is 0 Å². The van der Waals surface area contributed by atoms with Crippen molar-refractivity contribution in [2.24, 2.45) is 0 Å². The summed E-state index contributed by atoms with van der Waals surface area (Å²) in [5.41, 5.74) is 2.59. The predicted molar refractivity (Wildman–Crippen MR) is 103 cm³/mol. The lowest BCUT2D eigenvalue weighted by Gasteiger charge is -2.18. The Labute approximate surface area is 150 Å². The summed E-state index contributed by atoms with van der Waals surface area (Å²) in [4.78, 5) is 18.9. The van der Waals surface area contributed by atoms with Gasteiger partial charge in [-0.1, -0.05) is 36.4 Å². The first kappa shape index (κ1) is 17.0. The number of hydrogen-bond donors (Lipinski definition) is 1. The molecule has 0 aliphatic rings. The van der Waals surface area contributed by atoms with Crippen molar-refractivity contribution in [2.45, 2.75) is 6.92 Å². The van der Waals surface area contributed by atoms with Crippen molar-refractivity contribution in [1.82, 2.24) is 4.98 Å². The fourth-order valence-electron chi connectivity index (χ4n) is 2.39. The smallest absolute Gasteiger partial charge is 0.328 e. The Balaban J connectivity index is 1.77. The lowest BCUT2D eigenvalue weighted by molar-refractivity contribution is 0.257. The normalized spacial score (nSPS) is 10.3. The number of hydrogen-bond acceptors (Lipinski definition) is 4. The molecule has 128 valence electrons. The molecule has 0 spiro atoms. The van der Waals surface area contributed by atoms with E-state index in [9.17, 15) is 4.79 Å². The summed E-state index contributed by atoms with van der Waals surface area (Å²) < 4.78 is 5.18. The van der Waals surface area contributed by atoms with Crippen molar-refractivity contribution in [2.75, 3.05) is 23.9 Å². The molecule has 1 aromatic heterocycles. The molecule has 25 heavy (non-hydrogen) atoms.